The quantitative estimate of drug-likeness (QED) is 0.303. The Morgan fingerprint density at radius 3 is 2.46 bits per heavy atom. The first-order valence-corrected chi connectivity index (χ1v) is 12.8. The molecule has 2 N–H and O–H groups in total. The Morgan fingerprint density at radius 1 is 1.17 bits per heavy atom. The van der Waals surface area contributed by atoms with Crippen molar-refractivity contribution in [1.29, 1.82) is 0 Å². The van der Waals surface area contributed by atoms with E-state index in [9.17, 15) is 23.1 Å². The number of sulfonamides is 1. The number of carbonyl (C=O) groups excluding carboxylic acids is 2. The van der Waals surface area contributed by atoms with E-state index in [1.165, 1.54) is 48.2 Å². The zero-order valence-electron chi connectivity index (χ0n) is 19.7. The normalized spacial score (nSPS) is 21.1. The smallest absolute Gasteiger partial charge is 0.295 e. The minimum absolute atomic E-state index is 0.0387. The average Bonchev–Trinajstić information content (AvgIpc) is 3.13. The molecule has 186 valence electrons. The van der Waals surface area contributed by atoms with Gasteiger partial charge in [-0.1, -0.05) is 6.07 Å². The van der Waals surface area contributed by atoms with Gasteiger partial charge in [0, 0.05) is 32.1 Å². The van der Waals surface area contributed by atoms with Gasteiger partial charge in [0.05, 0.1) is 42.8 Å². The van der Waals surface area contributed by atoms with E-state index in [4.69, 9.17) is 4.74 Å². The number of hydrogen-bond donors (Lipinski definition) is 2. The molecule has 2 fully saturated rings. The topological polar surface area (TPSA) is 122 Å². The fourth-order valence-electron chi connectivity index (χ4n) is 4.33. The number of morpholine rings is 1. The summed E-state index contributed by atoms with van der Waals surface area (Å²) < 4.78 is 31.2. The number of aromatic nitrogens is 1. The van der Waals surface area contributed by atoms with E-state index < -0.39 is 27.8 Å². The zero-order valence-corrected chi connectivity index (χ0v) is 20.5. The monoisotopic (exact) mass is 501 g/mol. The number of pyridine rings is 1. The summed E-state index contributed by atoms with van der Waals surface area (Å²) in [6.45, 7) is 3.92. The molecule has 2 aliphatic heterocycles. The molecular weight excluding hydrogens is 472 g/mol. The van der Waals surface area contributed by atoms with Crippen LogP contribution in [0, 0.1) is 0 Å². The molecule has 1 atom stereocenters. The molecule has 0 spiro atoms. The minimum atomic E-state index is -3.65. The Kier molecular flexibility index (Phi) is 7.31. The molecule has 35 heavy (non-hydrogen) atoms. The van der Waals surface area contributed by atoms with E-state index in [0.29, 0.717) is 31.9 Å². The van der Waals surface area contributed by atoms with E-state index in [0.717, 1.165) is 17.4 Å². The molecule has 3 heterocycles. The average molecular weight is 502 g/mol. The van der Waals surface area contributed by atoms with Crippen LogP contribution in [-0.4, -0.2) is 92.9 Å². The van der Waals surface area contributed by atoms with Crippen LogP contribution < -0.4 is 4.90 Å². The van der Waals surface area contributed by atoms with E-state index in [1.807, 2.05) is 0 Å². The first kappa shape index (κ1) is 25.0. The van der Waals surface area contributed by atoms with Gasteiger partial charge in [0.2, 0.25) is 10.0 Å². The van der Waals surface area contributed by atoms with Gasteiger partial charge in [0.25, 0.3) is 11.7 Å². The molecule has 11 heteroatoms. The first-order valence-electron chi connectivity index (χ1n) is 11.3. The predicted octanol–water partition coefficient (Wildman–Crippen LogP) is -0.331. The molecule has 2 saturated heterocycles. The number of aliphatic hydroxyl groups is 1. The first-order chi connectivity index (χ1) is 16.7. The fraction of sp³-hybridized carbons (Fsp3) is 0.375. The van der Waals surface area contributed by atoms with Gasteiger partial charge in [-0.25, -0.2) is 12.7 Å². The molecular formula is C24H29N4O6S+. The SMILES string of the molecule is CN(C)S(=O)(=O)c1ccc(C(O)=C2C(=O)C(=O)N(CC[NH+]3CCOCC3)[C@H]2c2cccnc2)cc1. The highest BCUT2D eigenvalue weighted by molar-refractivity contribution is 7.89. The number of nitrogens with one attached hydrogen (secondary N) is 1. The van der Waals surface area contributed by atoms with Gasteiger partial charge < -0.3 is 19.6 Å². The molecule has 0 saturated carbocycles. The van der Waals surface area contributed by atoms with Crippen LogP contribution in [0.1, 0.15) is 17.2 Å². The van der Waals surface area contributed by atoms with Crippen molar-refractivity contribution in [3.8, 4) is 0 Å². The second kappa shape index (κ2) is 10.2. The van der Waals surface area contributed by atoms with Crippen LogP contribution in [0.3, 0.4) is 0 Å². The summed E-state index contributed by atoms with van der Waals surface area (Å²) in [5.41, 5.74) is 0.814. The van der Waals surface area contributed by atoms with Crippen molar-refractivity contribution in [3.05, 3.63) is 65.5 Å². The Bertz CT molecular complexity index is 1220. The number of carbonyl (C=O) groups is 2. The zero-order chi connectivity index (χ0) is 25.2. The summed E-state index contributed by atoms with van der Waals surface area (Å²) in [5.74, 6) is -1.81. The Morgan fingerprint density at radius 2 is 1.86 bits per heavy atom. The maximum atomic E-state index is 13.1. The largest absolute Gasteiger partial charge is 0.507 e. The maximum Gasteiger partial charge on any atom is 0.295 e. The van der Waals surface area contributed by atoms with Gasteiger partial charge in [-0.05, 0) is 35.9 Å². The van der Waals surface area contributed by atoms with Crippen LogP contribution in [0.4, 0.5) is 0 Å². The van der Waals surface area contributed by atoms with Crippen molar-refractivity contribution in [3.63, 3.8) is 0 Å². The predicted molar refractivity (Wildman–Crippen MR) is 127 cm³/mol. The van der Waals surface area contributed by atoms with E-state index in [1.54, 1.807) is 24.5 Å². The van der Waals surface area contributed by atoms with Gasteiger partial charge >= 0.3 is 0 Å². The lowest BCUT2D eigenvalue weighted by molar-refractivity contribution is -0.907. The molecule has 0 radical (unpaired) electrons. The Balaban J connectivity index is 1.71. The highest BCUT2D eigenvalue weighted by Crippen LogP contribution is 2.38. The number of ketones is 1. The van der Waals surface area contributed by atoms with Crippen molar-refractivity contribution in [2.24, 2.45) is 0 Å². The third-order valence-electron chi connectivity index (χ3n) is 6.35. The third kappa shape index (κ3) is 4.98. The van der Waals surface area contributed by atoms with Gasteiger partial charge in [0.1, 0.15) is 18.8 Å². The standard InChI is InChI=1S/C24H28N4O6S/c1-26(2)35(32,33)19-7-5-17(6-8-19)22(29)20-21(18-4-3-9-25-16-18)28(24(31)23(20)30)11-10-27-12-14-34-15-13-27/h3-9,16,21,29H,10-15H2,1-2H3/p+1/t21-/m0/s1. The van der Waals surface area contributed by atoms with E-state index in [-0.39, 0.29) is 21.8 Å². The number of likely N-dealkylation sites (tertiary alicyclic amines) is 1. The summed E-state index contributed by atoms with van der Waals surface area (Å²) in [4.78, 5) is 33.1. The van der Waals surface area contributed by atoms with Crippen LogP contribution >= 0.6 is 0 Å². The molecule has 0 unspecified atom stereocenters. The fourth-order valence-corrected chi connectivity index (χ4v) is 5.24. The van der Waals surface area contributed by atoms with Gasteiger partial charge in [-0.15, -0.1) is 0 Å². The number of rotatable bonds is 7. The molecule has 0 aliphatic carbocycles. The molecule has 4 rings (SSSR count). The molecule has 0 bridgehead atoms. The molecule has 2 aromatic rings. The van der Waals surface area contributed by atoms with Crippen LogP contribution in [0.5, 0.6) is 0 Å². The molecule has 1 amide bonds. The summed E-state index contributed by atoms with van der Waals surface area (Å²) in [6, 6.07) is 8.26. The lowest BCUT2D eigenvalue weighted by Gasteiger charge is -2.29. The van der Waals surface area contributed by atoms with Crippen LogP contribution in [-0.2, 0) is 24.3 Å². The number of hydrogen-bond acceptors (Lipinski definition) is 7. The lowest BCUT2D eigenvalue weighted by Crippen LogP contribution is -3.14. The van der Waals surface area contributed by atoms with Crippen molar-refractivity contribution < 1.29 is 32.8 Å². The minimum Gasteiger partial charge on any atom is -0.507 e. The number of ether oxygens (including phenoxy) is 1. The van der Waals surface area contributed by atoms with Crippen molar-refractivity contribution in [2.45, 2.75) is 10.9 Å². The number of nitrogens with zero attached hydrogens (tertiary/aromatic N) is 3. The maximum absolute atomic E-state index is 13.1. The molecule has 2 aliphatic rings. The van der Waals surface area contributed by atoms with Crippen molar-refractivity contribution in [1.82, 2.24) is 14.2 Å². The number of aliphatic hydroxyl groups excluding tert-OH is 1. The molecule has 1 aromatic carbocycles. The summed E-state index contributed by atoms with van der Waals surface area (Å²) >= 11 is 0. The van der Waals surface area contributed by atoms with E-state index >= 15 is 0 Å². The van der Waals surface area contributed by atoms with Crippen LogP contribution in [0.15, 0.2) is 59.3 Å². The van der Waals surface area contributed by atoms with Crippen LogP contribution in [0.2, 0.25) is 0 Å². The number of quaternary nitrogens is 1. The van der Waals surface area contributed by atoms with Gasteiger partial charge in [-0.3, -0.25) is 14.6 Å². The second-order valence-electron chi connectivity index (χ2n) is 8.70. The highest BCUT2D eigenvalue weighted by atomic mass is 32.2. The number of amides is 1. The van der Waals surface area contributed by atoms with Crippen molar-refractivity contribution >= 4 is 27.5 Å². The van der Waals surface area contributed by atoms with E-state index in [2.05, 4.69) is 4.98 Å². The molecule has 1 aromatic heterocycles. The second-order valence-corrected chi connectivity index (χ2v) is 10.9. The lowest BCUT2D eigenvalue weighted by atomic mass is 9.96. The number of benzene rings is 1. The summed E-state index contributed by atoms with van der Waals surface area (Å²) in [7, 11) is -0.796. The molecule has 10 nitrogen and oxygen atoms in total. The van der Waals surface area contributed by atoms with Crippen LogP contribution in [0.25, 0.3) is 5.76 Å². The summed E-state index contributed by atoms with van der Waals surface area (Å²) in [6.07, 6.45) is 3.17. The van der Waals surface area contributed by atoms with Crippen molar-refractivity contribution in [2.75, 3.05) is 53.5 Å². The van der Waals surface area contributed by atoms with Gasteiger partial charge in [0.15, 0.2) is 0 Å². The Hall–Kier alpha value is -3.12. The number of Topliss-reactive ketones (excluding diaryl/α,β-unsaturated/α-hetero) is 1. The third-order valence-corrected chi connectivity index (χ3v) is 8.18. The summed E-state index contributed by atoms with van der Waals surface area (Å²) in [5, 5.41) is 11.2. The highest BCUT2D eigenvalue weighted by Gasteiger charge is 2.46. The van der Waals surface area contributed by atoms with Gasteiger partial charge in [-0.2, -0.15) is 0 Å². The Labute approximate surface area is 204 Å².